The van der Waals surface area contributed by atoms with Crippen molar-refractivity contribution in [3.8, 4) is 17.2 Å². The fourth-order valence-corrected chi connectivity index (χ4v) is 1.48. The van der Waals surface area contributed by atoms with Gasteiger partial charge in [0, 0.05) is 0 Å². The number of carboxylic acids is 1. The molecule has 0 aliphatic rings. The number of halogens is 2. The summed E-state index contributed by atoms with van der Waals surface area (Å²) in [4.78, 5) is 10.7. The first-order valence-electron chi connectivity index (χ1n) is 5.05. The van der Waals surface area contributed by atoms with Gasteiger partial charge in [0.1, 0.15) is 5.69 Å². The number of aromatic hydroxyl groups is 1. The van der Waals surface area contributed by atoms with E-state index in [2.05, 4.69) is 9.84 Å². The number of hydrogen-bond donors (Lipinski definition) is 2. The van der Waals surface area contributed by atoms with Crippen molar-refractivity contribution in [2.75, 3.05) is 0 Å². The fourth-order valence-electron chi connectivity index (χ4n) is 1.48. The molecule has 0 aliphatic carbocycles. The van der Waals surface area contributed by atoms with Gasteiger partial charge in [-0.15, -0.1) is 0 Å². The second-order valence-corrected chi connectivity index (χ2v) is 3.46. The van der Waals surface area contributed by atoms with Gasteiger partial charge >= 0.3 is 12.6 Å². The Kier molecular flexibility index (Phi) is 3.32. The third-order valence-electron chi connectivity index (χ3n) is 2.23. The van der Waals surface area contributed by atoms with E-state index in [4.69, 9.17) is 5.11 Å². The third-order valence-corrected chi connectivity index (χ3v) is 2.23. The highest BCUT2D eigenvalue weighted by molar-refractivity contribution is 5.88. The van der Waals surface area contributed by atoms with Crippen LogP contribution in [0.2, 0.25) is 0 Å². The van der Waals surface area contributed by atoms with Crippen LogP contribution >= 0.6 is 0 Å². The smallest absolute Gasteiger partial charge is 0.387 e. The van der Waals surface area contributed by atoms with Crippen LogP contribution in [0.15, 0.2) is 30.5 Å². The van der Waals surface area contributed by atoms with Crippen LogP contribution in [0.5, 0.6) is 11.5 Å². The lowest BCUT2D eigenvalue weighted by Crippen LogP contribution is -2.07. The fraction of sp³-hybridized carbons (Fsp3) is 0.0909. The van der Waals surface area contributed by atoms with Gasteiger partial charge in [-0.05, 0) is 12.1 Å². The standard InChI is InChI=1S/C11H8F2N2O4/c12-11(13)19-8-4-2-1-3-6(8)15-5-7(16)9(14-15)10(17)18/h1-5,11,16H,(H,17,18). The van der Waals surface area contributed by atoms with Crippen molar-refractivity contribution in [3.63, 3.8) is 0 Å². The Morgan fingerprint density at radius 1 is 1.37 bits per heavy atom. The minimum absolute atomic E-state index is 0.0885. The zero-order valence-electron chi connectivity index (χ0n) is 9.33. The molecule has 0 unspecified atom stereocenters. The molecule has 6 nitrogen and oxygen atoms in total. The summed E-state index contributed by atoms with van der Waals surface area (Å²) in [6, 6.07) is 5.69. The second-order valence-electron chi connectivity index (χ2n) is 3.46. The molecule has 0 saturated carbocycles. The quantitative estimate of drug-likeness (QED) is 0.886. The van der Waals surface area contributed by atoms with Gasteiger partial charge < -0.3 is 14.9 Å². The number of benzene rings is 1. The summed E-state index contributed by atoms with van der Waals surface area (Å²) < 4.78 is 29.7. The topological polar surface area (TPSA) is 84.6 Å². The molecule has 100 valence electrons. The van der Waals surface area contributed by atoms with Crippen LogP contribution in [0.3, 0.4) is 0 Å². The maximum absolute atomic E-state index is 12.2. The summed E-state index contributed by atoms with van der Waals surface area (Å²) in [5.41, 5.74) is -0.488. The van der Waals surface area contributed by atoms with Crippen LogP contribution in [0.4, 0.5) is 8.78 Å². The second kappa shape index (κ2) is 4.92. The molecule has 1 aromatic heterocycles. The lowest BCUT2D eigenvalue weighted by molar-refractivity contribution is -0.0499. The number of aromatic nitrogens is 2. The highest BCUT2D eigenvalue weighted by Gasteiger charge is 2.18. The Balaban J connectivity index is 2.47. The van der Waals surface area contributed by atoms with Crippen LogP contribution in [0.25, 0.3) is 5.69 Å². The molecule has 19 heavy (non-hydrogen) atoms. The lowest BCUT2D eigenvalue weighted by Gasteiger charge is -2.09. The van der Waals surface area contributed by atoms with Crippen molar-refractivity contribution in [1.82, 2.24) is 9.78 Å². The van der Waals surface area contributed by atoms with Crippen LogP contribution in [-0.4, -0.2) is 32.6 Å². The molecular weight excluding hydrogens is 262 g/mol. The van der Waals surface area contributed by atoms with Crippen molar-refractivity contribution in [2.45, 2.75) is 6.61 Å². The maximum atomic E-state index is 12.2. The van der Waals surface area contributed by atoms with Gasteiger partial charge in [-0.2, -0.15) is 13.9 Å². The maximum Gasteiger partial charge on any atom is 0.387 e. The van der Waals surface area contributed by atoms with Crippen molar-refractivity contribution < 1.29 is 28.5 Å². The van der Waals surface area contributed by atoms with Crippen molar-refractivity contribution in [3.05, 3.63) is 36.2 Å². The summed E-state index contributed by atoms with van der Waals surface area (Å²) in [6.07, 6.45) is 0.997. The summed E-state index contributed by atoms with van der Waals surface area (Å²) in [7, 11) is 0. The molecule has 0 amide bonds. The number of carbonyl (C=O) groups is 1. The number of aromatic carboxylic acids is 1. The van der Waals surface area contributed by atoms with Crippen molar-refractivity contribution in [2.24, 2.45) is 0 Å². The van der Waals surface area contributed by atoms with E-state index in [0.29, 0.717) is 0 Å². The molecule has 2 aromatic rings. The van der Waals surface area contributed by atoms with Crippen LogP contribution in [0.1, 0.15) is 10.5 Å². The number of para-hydroxylation sites is 2. The molecule has 2 rings (SSSR count). The Labute approximate surface area is 105 Å². The van der Waals surface area contributed by atoms with E-state index in [1.54, 1.807) is 0 Å². The van der Waals surface area contributed by atoms with Gasteiger partial charge in [0.05, 0.1) is 6.20 Å². The number of rotatable bonds is 4. The molecule has 1 heterocycles. The average molecular weight is 270 g/mol. The first kappa shape index (κ1) is 12.8. The summed E-state index contributed by atoms with van der Waals surface area (Å²) in [6.45, 7) is -3.02. The number of hydrogen-bond acceptors (Lipinski definition) is 4. The van der Waals surface area contributed by atoms with Gasteiger partial charge in [0.25, 0.3) is 0 Å². The minimum atomic E-state index is -3.02. The molecule has 0 saturated heterocycles. The van der Waals surface area contributed by atoms with Crippen molar-refractivity contribution >= 4 is 5.97 Å². The summed E-state index contributed by atoms with van der Waals surface area (Å²) in [5, 5.41) is 21.7. The van der Waals surface area contributed by atoms with E-state index < -0.39 is 24.0 Å². The predicted molar refractivity (Wildman–Crippen MR) is 58.8 cm³/mol. The molecule has 0 bridgehead atoms. The molecule has 1 aromatic carbocycles. The highest BCUT2D eigenvalue weighted by Crippen LogP contribution is 2.26. The number of alkyl halides is 2. The Morgan fingerprint density at radius 3 is 2.63 bits per heavy atom. The van der Waals surface area contributed by atoms with Crippen molar-refractivity contribution in [1.29, 1.82) is 0 Å². The molecule has 0 fully saturated rings. The van der Waals surface area contributed by atoms with Gasteiger partial charge in [0.15, 0.2) is 11.5 Å². The SMILES string of the molecule is O=C(O)c1nn(-c2ccccc2OC(F)F)cc1O. The summed E-state index contributed by atoms with van der Waals surface area (Å²) >= 11 is 0. The molecule has 0 spiro atoms. The number of ether oxygens (including phenoxy) is 1. The van der Waals surface area contributed by atoms with Gasteiger partial charge in [0.2, 0.25) is 5.69 Å². The monoisotopic (exact) mass is 270 g/mol. The first-order chi connectivity index (χ1) is 8.99. The Bertz CT molecular complexity index is 612. The van der Waals surface area contributed by atoms with E-state index in [0.717, 1.165) is 10.9 Å². The van der Waals surface area contributed by atoms with Gasteiger partial charge in [-0.3, -0.25) is 0 Å². The van der Waals surface area contributed by atoms with E-state index in [1.165, 1.54) is 24.3 Å². The predicted octanol–water partition coefficient (Wildman–Crippen LogP) is 1.88. The molecule has 8 heteroatoms. The Morgan fingerprint density at radius 2 is 2.05 bits per heavy atom. The van der Waals surface area contributed by atoms with Gasteiger partial charge in [-0.1, -0.05) is 12.1 Å². The van der Waals surface area contributed by atoms with Crippen LogP contribution in [-0.2, 0) is 0 Å². The highest BCUT2D eigenvalue weighted by atomic mass is 19.3. The van der Waals surface area contributed by atoms with E-state index in [1.807, 2.05) is 0 Å². The van der Waals surface area contributed by atoms with E-state index in [9.17, 15) is 18.7 Å². The van der Waals surface area contributed by atoms with Crippen LogP contribution < -0.4 is 4.74 Å². The minimum Gasteiger partial charge on any atom is -0.504 e. The zero-order valence-corrected chi connectivity index (χ0v) is 9.33. The van der Waals surface area contributed by atoms with E-state index in [-0.39, 0.29) is 11.4 Å². The zero-order chi connectivity index (χ0) is 14.0. The summed E-state index contributed by atoms with van der Waals surface area (Å²) in [5.74, 6) is -2.18. The normalized spacial score (nSPS) is 10.7. The van der Waals surface area contributed by atoms with Crippen LogP contribution in [0, 0.1) is 0 Å². The Hall–Kier alpha value is -2.64. The largest absolute Gasteiger partial charge is 0.504 e. The molecule has 0 radical (unpaired) electrons. The lowest BCUT2D eigenvalue weighted by atomic mass is 10.3. The first-order valence-corrected chi connectivity index (χ1v) is 5.05. The van der Waals surface area contributed by atoms with E-state index >= 15 is 0 Å². The number of nitrogens with zero attached hydrogens (tertiary/aromatic N) is 2. The molecule has 0 aliphatic heterocycles. The third kappa shape index (κ3) is 2.62. The van der Waals surface area contributed by atoms with Gasteiger partial charge in [-0.25, -0.2) is 9.48 Å². The molecule has 2 N–H and O–H groups in total. The number of carboxylic acid groups (broad SMARTS) is 1. The average Bonchev–Trinajstić information content (AvgIpc) is 2.71. The molecular formula is C11H8F2N2O4. The molecule has 0 atom stereocenters.